The highest BCUT2D eigenvalue weighted by Gasteiger charge is 2.05. The van der Waals surface area contributed by atoms with Gasteiger partial charge in [-0.05, 0) is 49.2 Å². The third-order valence-electron chi connectivity index (χ3n) is 2.65. The summed E-state index contributed by atoms with van der Waals surface area (Å²) >= 11 is 1.71. The highest BCUT2D eigenvalue weighted by atomic mass is 32.1. The molecule has 0 aliphatic heterocycles. The highest BCUT2D eigenvalue weighted by Crippen LogP contribution is 2.25. The average molecular weight is 257 g/mol. The fourth-order valence-corrected chi connectivity index (χ4v) is 2.66. The molecular weight excluding hydrogens is 245 g/mol. The number of allylic oxidation sites excluding steroid dienone is 1. The van der Waals surface area contributed by atoms with Crippen LogP contribution in [0.4, 0.5) is 4.39 Å². The quantitative estimate of drug-likeness (QED) is 0.723. The first-order valence-electron chi connectivity index (χ1n) is 5.55. The van der Waals surface area contributed by atoms with Crippen LogP contribution in [0.3, 0.4) is 0 Å². The Labute approximate surface area is 110 Å². The Morgan fingerprint density at radius 3 is 2.44 bits per heavy atom. The van der Waals surface area contributed by atoms with Crippen LogP contribution in [0.2, 0.25) is 0 Å². The van der Waals surface area contributed by atoms with Gasteiger partial charge in [-0.15, -0.1) is 11.3 Å². The minimum atomic E-state index is -0.293. The second-order valence-electron chi connectivity index (χ2n) is 4.05. The number of hydrogen-bond acceptors (Lipinski definition) is 2. The third-order valence-corrected chi connectivity index (χ3v) is 3.64. The van der Waals surface area contributed by atoms with Gasteiger partial charge in [0, 0.05) is 9.75 Å². The molecule has 0 atom stereocenters. The molecule has 0 bridgehead atoms. The van der Waals surface area contributed by atoms with E-state index in [1.54, 1.807) is 23.5 Å². The van der Waals surface area contributed by atoms with E-state index in [4.69, 9.17) is 0 Å². The van der Waals surface area contributed by atoms with Crippen molar-refractivity contribution >= 4 is 23.0 Å². The lowest BCUT2D eigenvalue weighted by molar-refractivity contribution is 0.627. The summed E-state index contributed by atoms with van der Waals surface area (Å²) < 4.78 is 12.8. The molecule has 0 unspecified atom stereocenters. The van der Waals surface area contributed by atoms with E-state index in [9.17, 15) is 9.65 Å². The van der Waals surface area contributed by atoms with Crippen LogP contribution in [-0.2, 0) is 0 Å². The summed E-state index contributed by atoms with van der Waals surface area (Å²) in [5.74, 6) is -0.293. The van der Waals surface area contributed by atoms with Crippen molar-refractivity contribution in [3.63, 3.8) is 0 Å². The first-order valence-corrected chi connectivity index (χ1v) is 6.36. The zero-order valence-corrected chi connectivity index (χ0v) is 11.0. The minimum Gasteiger partial charge on any atom is -0.207 e. The SMILES string of the molecule is Cc1cc(/C=C(\C#N)c2ccc(F)cc2)c(C)s1. The lowest BCUT2D eigenvalue weighted by Gasteiger charge is -1.99. The number of hydrogen-bond donors (Lipinski definition) is 0. The van der Waals surface area contributed by atoms with Crippen molar-refractivity contribution in [3.05, 3.63) is 57.0 Å². The summed E-state index contributed by atoms with van der Waals surface area (Å²) in [7, 11) is 0. The second kappa shape index (κ2) is 5.16. The molecule has 0 saturated heterocycles. The number of nitrogens with zero attached hydrogens (tertiary/aromatic N) is 1. The van der Waals surface area contributed by atoms with Crippen LogP contribution in [0.1, 0.15) is 20.9 Å². The first kappa shape index (κ1) is 12.5. The van der Waals surface area contributed by atoms with Crippen LogP contribution >= 0.6 is 11.3 Å². The van der Waals surface area contributed by atoms with E-state index in [-0.39, 0.29) is 5.82 Å². The first-order chi connectivity index (χ1) is 8.60. The molecule has 1 heterocycles. The molecule has 0 saturated carbocycles. The maximum absolute atomic E-state index is 12.8. The van der Waals surface area contributed by atoms with E-state index < -0.39 is 0 Å². The molecule has 0 radical (unpaired) electrons. The number of thiophene rings is 1. The van der Waals surface area contributed by atoms with Crippen molar-refractivity contribution in [3.8, 4) is 6.07 Å². The number of rotatable bonds is 2. The average Bonchev–Trinajstić information content (AvgIpc) is 2.66. The van der Waals surface area contributed by atoms with Gasteiger partial charge in [0.1, 0.15) is 5.82 Å². The van der Waals surface area contributed by atoms with Gasteiger partial charge in [-0.1, -0.05) is 12.1 Å². The van der Waals surface area contributed by atoms with Crippen LogP contribution in [0.15, 0.2) is 30.3 Å². The Kier molecular flexibility index (Phi) is 3.59. The second-order valence-corrected chi connectivity index (χ2v) is 5.51. The van der Waals surface area contributed by atoms with Crippen molar-refractivity contribution in [2.75, 3.05) is 0 Å². The molecule has 1 aromatic heterocycles. The Morgan fingerprint density at radius 1 is 1.28 bits per heavy atom. The molecule has 0 fully saturated rings. The smallest absolute Gasteiger partial charge is 0.123 e. The topological polar surface area (TPSA) is 23.8 Å². The summed E-state index contributed by atoms with van der Waals surface area (Å²) in [6.07, 6.45) is 1.85. The van der Waals surface area contributed by atoms with E-state index in [0.29, 0.717) is 5.57 Å². The summed E-state index contributed by atoms with van der Waals surface area (Å²) in [5.41, 5.74) is 2.34. The standard InChI is InChI=1S/C15H12FNS/c1-10-7-13(11(2)18-10)8-14(9-17)12-3-5-15(16)6-4-12/h3-8H,1-2H3/b14-8+. The van der Waals surface area contributed by atoms with Crippen molar-refractivity contribution in [2.24, 2.45) is 0 Å². The number of aryl methyl sites for hydroxylation is 2. The van der Waals surface area contributed by atoms with Gasteiger partial charge in [0.2, 0.25) is 0 Å². The maximum Gasteiger partial charge on any atom is 0.123 e. The predicted molar refractivity (Wildman–Crippen MR) is 73.7 cm³/mol. The normalized spacial score (nSPS) is 11.3. The third kappa shape index (κ3) is 2.66. The summed E-state index contributed by atoms with van der Waals surface area (Å²) in [6.45, 7) is 4.07. The largest absolute Gasteiger partial charge is 0.207 e. The molecule has 0 aliphatic rings. The molecule has 0 N–H and O–H groups in total. The van der Waals surface area contributed by atoms with Crippen LogP contribution in [0.5, 0.6) is 0 Å². The zero-order valence-electron chi connectivity index (χ0n) is 10.2. The molecule has 1 aromatic carbocycles. The van der Waals surface area contributed by atoms with Gasteiger partial charge in [0.15, 0.2) is 0 Å². The fourth-order valence-electron chi connectivity index (χ4n) is 1.76. The van der Waals surface area contributed by atoms with Gasteiger partial charge in [0.05, 0.1) is 11.6 Å². The van der Waals surface area contributed by atoms with Crippen LogP contribution in [-0.4, -0.2) is 0 Å². The van der Waals surface area contributed by atoms with E-state index in [1.165, 1.54) is 21.9 Å². The van der Waals surface area contributed by atoms with Crippen LogP contribution in [0, 0.1) is 31.0 Å². The fraction of sp³-hybridized carbons (Fsp3) is 0.133. The molecule has 0 amide bonds. The molecule has 0 spiro atoms. The lowest BCUT2D eigenvalue weighted by atomic mass is 10.0. The van der Waals surface area contributed by atoms with Crippen molar-refractivity contribution in [1.29, 1.82) is 5.26 Å². The Morgan fingerprint density at radius 2 is 1.94 bits per heavy atom. The maximum atomic E-state index is 12.8. The Bertz CT molecular complexity index is 630. The van der Waals surface area contributed by atoms with Gasteiger partial charge in [-0.2, -0.15) is 5.26 Å². The molecule has 0 aliphatic carbocycles. The molecule has 18 heavy (non-hydrogen) atoms. The summed E-state index contributed by atoms with van der Waals surface area (Å²) in [4.78, 5) is 2.40. The van der Waals surface area contributed by atoms with Crippen molar-refractivity contribution < 1.29 is 4.39 Å². The highest BCUT2D eigenvalue weighted by molar-refractivity contribution is 7.12. The number of benzene rings is 1. The van der Waals surface area contributed by atoms with E-state index in [1.807, 2.05) is 19.9 Å². The van der Waals surface area contributed by atoms with E-state index in [0.717, 1.165) is 11.1 Å². The number of nitriles is 1. The Balaban J connectivity index is 2.43. The van der Waals surface area contributed by atoms with E-state index >= 15 is 0 Å². The zero-order chi connectivity index (χ0) is 13.1. The summed E-state index contributed by atoms with van der Waals surface area (Å²) in [5, 5.41) is 9.20. The molecular formula is C15H12FNS. The van der Waals surface area contributed by atoms with Gasteiger partial charge < -0.3 is 0 Å². The molecule has 90 valence electrons. The number of halogens is 1. The van der Waals surface area contributed by atoms with Crippen LogP contribution < -0.4 is 0 Å². The monoisotopic (exact) mass is 257 g/mol. The van der Waals surface area contributed by atoms with Gasteiger partial charge in [0.25, 0.3) is 0 Å². The van der Waals surface area contributed by atoms with Crippen molar-refractivity contribution in [1.82, 2.24) is 0 Å². The molecule has 1 nitrogen and oxygen atoms in total. The summed E-state index contributed by atoms with van der Waals surface area (Å²) in [6, 6.07) is 10.2. The molecule has 3 heteroatoms. The molecule has 2 aromatic rings. The van der Waals surface area contributed by atoms with Gasteiger partial charge >= 0.3 is 0 Å². The molecule has 2 rings (SSSR count). The predicted octanol–water partition coefficient (Wildman–Crippen LogP) is 4.57. The van der Waals surface area contributed by atoms with E-state index in [2.05, 4.69) is 12.1 Å². The van der Waals surface area contributed by atoms with Gasteiger partial charge in [-0.3, -0.25) is 0 Å². The lowest BCUT2D eigenvalue weighted by Crippen LogP contribution is -1.83. The minimum absolute atomic E-state index is 0.293. The van der Waals surface area contributed by atoms with Crippen LogP contribution in [0.25, 0.3) is 11.6 Å². The Hall–Kier alpha value is -1.92. The van der Waals surface area contributed by atoms with Gasteiger partial charge in [-0.25, -0.2) is 4.39 Å². The van der Waals surface area contributed by atoms with Crippen molar-refractivity contribution in [2.45, 2.75) is 13.8 Å².